The van der Waals surface area contributed by atoms with E-state index in [1.165, 1.54) is 0 Å². The summed E-state index contributed by atoms with van der Waals surface area (Å²) in [5, 5.41) is 4.46. The summed E-state index contributed by atoms with van der Waals surface area (Å²) in [5.41, 5.74) is 3.59. The number of hydrogen-bond donors (Lipinski definition) is 1. The Morgan fingerprint density at radius 1 is 1.08 bits per heavy atom. The molecule has 1 N–H and O–H groups in total. The van der Waals surface area contributed by atoms with Crippen molar-refractivity contribution in [2.24, 2.45) is 0 Å². The molecule has 2 heterocycles. The summed E-state index contributed by atoms with van der Waals surface area (Å²) in [5.74, 6) is 0. The maximum Gasteiger partial charge on any atom is 0.240 e. The van der Waals surface area contributed by atoms with E-state index in [0.29, 0.717) is 11.4 Å². The van der Waals surface area contributed by atoms with Crippen LogP contribution in [0.5, 0.6) is 0 Å². The highest BCUT2D eigenvalue weighted by atomic mass is 32.2. The molecule has 0 atom stereocenters. The smallest absolute Gasteiger partial charge is 0.240 e. The van der Waals surface area contributed by atoms with Gasteiger partial charge in [0, 0.05) is 30.7 Å². The number of rotatable bonds is 6. The molecule has 0 spiro atoms. The standard InChI is InChI=1S/C18H20N4O2S/c1-14-3-4-18(15(2)13-14)25(23,24)20-10-12-22-11-7-17(21-22)16-5-8-19-9-6-16/h3-9,11,13,20H,10,12H2,1-2H3. The molecule has 3 aromatic rings. The first kappa shape index (κ1) is 17.3. The summed E-state index contributed by atoms with van der Waals surface area (Å²) in [7, 11) is -3.52. The highest BCUT2D eigenvalue weighted by molar-refractivity contribution is 7.89. The number of hydrogen-bond acceptors (Lipinski definition) is 4. The Balaban J connectivity index is 1.64. The van der Waals surface area contributed by atoms with E-state index in [1.807, 2.05) is 37.4 Å². The zero-order valence-corrected chi connectivity index (χ0v) is 15.0. The van der Waals surface area contributed by atoms with Gasteiger partial charge < -0.3 is 0 Å². The third-order valence-corrected chi connectivity index (χ3v) is 5.49. The first-order chi connectivity index (χ1) is 12.0. The normalized spacial score (nSPS) is 11.6. The van der Waals surface area contributed by atoms with Gasteiger partial charge in [0.25, 0.3) is 0 Å². The summed E-state index contributed by atoms with van der Waals surface area (Å²) in [6.45, 7) is 4.47. The van der Waals surface area contributed by atoms with Gasteiger partial charge in [0.2, 0.25) is 10.0 Å². The van der Waals surface area contributed by atoms with Gasteiger partial charge in [-0.05, 0) is 43.7 Å². The Kier molecular flexibility index (Phi) is 4.96. The van der Waals surface area contributed by atoms with E-state index >= 15 is 0 Å². The van der Waals surface area contributed by atoms with Gasteiger partial charge in [-0.2, -0.15) is 5.10 Å². The molecule has 0 radical (unpaired) electrons. The minimum absolute atomic E-state index is 0.271. The van der Waals surface area contributed by atoms with Crippen LogP contribution in [0.3, 0.4) is 0 Å². The lowest BCUT2D eigenvalue weighted by molar-refractivity contribution is 0.561. The molecule has 0 aliphatic rings. The van der Waals surface area contributed by atoms with E-state index < -0.39 is 10.0 Å². The van der Waals surface area contributed by atoms with Crippen LogP contribution in [0.1, 0.15) is 11.1 Å². The second kappa shape index (κ2) is 7.16. The fraction of sp³-hybridized carbons (Fsp3) is 0.222. The molecule has 0 amide bonds. The fourth-order valence-electron chi connectivity index (χ4n) is 2.64. The lowest BCUT2D eigenvalue weighted by Gasteiger charge is -2.10. The monoisotopic (exact) mass is 356 g/mol. The highest BCUT2D eigenvalue weighted by Gasteiger charge is 2.16. The van der Waals surface area contributed by atoms with Crippen molar-refractivity contribution >= 4 is 10.0 Å². The third kappa shape index (κ3) is 4.12. The van der Waals surface area contributed by atoms with Gasteiger partial charge in [-0.3, -0.25) is 9.67 Å². The van der Waals surface area contributed by atoms with Crippen LogP contribution in [-0.4, -0.2) is 29.7 Å². The summed E-state index contributed by atoms with van der Waals surface area (Å²) in [6.07, 6.45) is 5.26. The van der Waals surface area contributed by atoms with Crippen molar-refractivity contribution in [3.63, 3.8) is 0 Å². The van der Waals surface area contributed by atoms with Crippen LogP contribution in [0.2, 0.25) is 0 Å². The maximum atomic E-state index is 12.4. The van der Waals surface area contributed by atoms with Crippen LogP contribution in [0.15, 0.2) is 59.9 Å². The lowest BCUT2D eigenvalue weighted by atomic mass is 10.2. The lowest BCUT2D eigenvalue weighted by Crippen LogP contribution is -2.28. The average molecular weight is 356 g/mol. The zero-order chi connectivity index (χ0) is 17.9. The van der Waals surface area contributed by atoms with Crippen LogP contribution >= 0.6 is 0 Å². The van der Waals surface area contributed by atoms with Gasteiger partial charge in [0.15, 0.2) is 0 Å². The van der Waals surface area contributed by atoms with Crippen molar-refractivity contribution in [3.8, 4) is 11.3 Å². The molecule has 3 rings (SSSR count). The minimum atomic E-state index is -3.52. The van der Waals surface area contributed by atoms with Crippen LogP contribution in [0.4, 0.5) is 0 Å². The third-order valence-electron chi connectivity index (χ3n) is 3.87. The molecule has 1 aromatic carbocycles. The van der Waals surface area contributed by atoms with E-state index in [0.717, 1.165) is 22.4 Å². The van der Waals surface area contributed by atoms with Crippen LogP contribution < -0.4 is 4.72 Å². The Bertz CT molecular complexity index is 966. The van der Waals surface area contributed by atoms with E-state index in [1.54, 1.807) is 36.1 Å². The molecule has 0 aliphatic heterocycles. The molecule has 0 saturated carbocycles. The van der Waals surface area contributed by atoms with E-state index in [9.17, 15) is 8.42 Å². The van der Waals surface area contributed by atoms with Crippen molar-refractivity contribution in [1.82, 2.24) is 19.5 Å². The second-order valence-electron chi connectivity index (χ2n) is 5.87. The van der Waals surface area contributed by atoms with Crippen LogP contribution in [0, 0.1) is 13.8 Å². The number of pyridine rings is 1. The Morgan fingerprint density at radius 3 is 2.56 bits per heavy atom. The Morgan fingerprint density at radius 2 is 1.84 bits per heavy atom. The van der Waals surface area contributed by atoms with E-state index in [-0.39, 0.29) is 6.54 Å². The molecular formula is C18H20N4O2S. The van der Waals surface area contributed by atoms with Crippen molar-refractivity contribution < 1.29 is 8.42 Å². The molecule has 130 valence electrons. The molecule has 0 saturated heterocycles. The summed E-state index contributed by atoms with van der Waals surface area (Å²) >= 11 is 0. The quantitative estimate of drug-likeness (QED) is 0.736. The predicted octanol–water partition coefficient (Wildman–Crippen LogP) is 2.54. The molecule has 2 aromatic heterocycles. The van der Waals surface area contributed by atoms with Gasteiger partial charge in [-0.1, -0.05) is 17.7 Å². The van der Waals surface area contributed by atoms with Crippen LogP contribution in [0.25, 0.3) is 11.3 Å². The number of nitrogens with one attached hydrogen (secondary N) is 1. The molecule has 0 bridgehead atoms. The van der Waals surface area contributed by atoms with Crippen LogP contribution in [-0.2, 0) is 16.6 Å². The number of aromatic nitrogens is 3. The number of benzene rings is 1. The molecule has 0 unspecified atom stereocenters. The summed E-state index contributed by atoms with van der Waals surface area (Å²) in [6, 6.07) is 11.0. The molecule has 7 heteroatoms. The second-order valence-corrected chi connectivity index (χ2v) is 7.60. The molecule has 6 nitrogen and oxygen atoms in total. The van der Waals surface area contributed by atoms with Crippen molar-refractivity contribution in [1.29, 1.82) is 0 Å². The molecule has 25 heavy (non-hydrogen) atoms. The predicted molar refractivity (Wildman–Crippen MR) is 96.6 cm³/mol. The van der Waals surface area contributed by atoms with E-state index in [4.69, 9.17) is 0 Å². The number of nitrogens with zero attached hydrogens (tertiary/aromatic N) is 3. The first-order valence-corrected chi connectivity index (χ1v) is 9.45. The average Bonchev–Trinajstić information content (AvgIpc) is 3.04. The minimum Gasteiger partial charge on any atom is -0.271 e. The number of sulfonamides is 1. The van der Waals surface area contributed by atoms with Gasteiger partial charge in [-0.15, -0.1) is 0 Å². The summed E-state index contributed by atoms with van der Waals surface area (Å²) in [4.78, 5) is 4.30. The fourth-order valence-corrected chi connectivity index (χ4v) is 3.88. The highest BCUT2D eigenvalue weighted by Crippen LogP contribution is 2.17. The van der Waals surface area contributed by atoms with Gasteiger partial charge in [0.05, 0.1) is 17.1 Å². The van der Waals surface area contributed by atoms with E-state index in [2.05, 4.69) is 14.8 Å². The largest absolute Gasteiger partial charge is 0.271 e. The topological polar surface area (TPSA) is 76.9 Å². The van der Waals surface area contributed by atoms with Gasteiger partial charge >= 0.3 is 0 Å². The summed E-state index contributed by atoms with van der Waals surface area (Å²) < 4.78 is 29.2. The maximum absolute atomic E-state index is 12.4. The Hall–Kier alpha value is -2.51. The SMILES string of the molecule is Cc1ccc(S(=O)(=O)NCCn2ccc(-c3ccncc3)n2)c(C)c1. The zero-order valence-electron chi connectivity index (χ0n) is 14.2. The van der Waals surface area contributed by atoms with Gasteiger partial charge in [0.1, 0.15) is 0 Å². The van der Waals surface area contributed by atoms with Crippen molar-refractivity contribution in [2.45, 2.75) is 25.3 Å². The van der Waals surface area contributed by atoms with Gasteiger partial charge in [-0.25, -0.2) is 13.1 Å². The van der Waals surface area contributed by atoms with Crippen molar-refractivity contribution in [2.75, 3.05) is 6.54 Å². The molecule has 0 fully saturated rings. The number of aryl methyl sites for hydroxylation is 2. The first-order valence-electron chi connectivity index (χ1n) is 7.96. The Labute approximate surface area is 147 Å². The molecular weight excluding hydrogens is 336 g/mol. The van der Waals surface area contributed by atoms with Crippen molar-refractivity contribution in [3.05, 3.63) is 66.1 Å². The molecule has 0 aliphatic carbocycles.